The molecule has 0 atom stereocenters. The van der Waals surface area contributed by atoms with Crippen molar-refractivity contribution in [2.75, 3.05) is 9.80 Å². The molecule has 6 aliphatic rings. The molecule has 0 unspecified atom stereocenters. The molecule has 0 amide bonds. The van der Waals surface area contributed by atoms with E-state index in [0.29, 0.717) is 0 Å². The standard InChI is InChI=1S/C51H55BN2/c1-4-6-12-33-22-24-43-45(28-33)53(50-39-18-8-14-35(39)30-36-15-9-19-40(36)50)47-26-32(3)27-48-49(47)52(43)44-25-23-34(13-7-5-2)29-46(44)54(48)51-41-20-10-16-37(41)31-38-17-11-21-42(38)51/h22-31H,4-21H2,1-3H3. The van der Waals surface area contributed by atoms with Gasteiger partial charge in [0, 0.05) is 22.7 Å². The molecule has 0 radical (unpaired) electrons. The number of benzene rings is 5. The Labute approximate surface area is 324 Å². The first-order valence-corrected chi connectivity index (χ1v) is 21.9. The fourth-order valence-corrected chi connectivity index (χ4v) is 11.9. The van der Waals surface area contributed by atoms with Crippen LogP contribution in [0.5, 0.6) is 0 Å². The van der Waals surface area contributed by atoms with E-state index in [1.165, 1.54) is 159 Å². The van der Waals surface area contributed by atoms with Crippen molar-refractivity contribution in [1.29, 1.82) is 0 Å². The SMILES string of the molecule is CCCCc1ccc2c(c1)N(c1c3c(cc4c1CCC4)CCC3)c1cc(C)cc3c1B2c1ccc(CCCC)cc1N3c1c2c(cc3c1CCC3)CCC2. The number of fused-ring (bicyclic) bond motifs is 8. The number of nitrogens with zero attached hydrogens (tertiary/aromatic N) is 2. The molecular weight excluding hydrogens is 651 g/mol. The van der Waals surface area contributed by atoms with Gasteiger partial charge in [-0.2, -0.15) is 0 Å². The van der Waals surface area contributed by atoms with Gasteiger partial charge in [-0.25, -0.2) is 0 Å². The number of hydrogen-bond acceptors (Lipinski definition) is 2. The minimum Gasteiger partial charge on any atom is -0.311 e. The zero-order valence-electron chi connectivity index (χ0n) is 33.0. The summed E-state index contributed by atoms with van der Waals surface area (Å²) in [6.07, 6.45) is 22.1. The third-order valence-corrected chi connectivity index (χ3v) is 14.3. The van der Waals surface area contributed by atoms with E-state index in [1.54, 1.807) is 55.9 Å². The van der Waals surface area contributed by atoms with Gasteiger partial charge >= 0.3 is 0 Å². The van der Waals surface area contributed by atoms with Crippen LogP contribution in [-0.4, -0.2) is 6.71 Å². The number of unbranched alkanes of at least 4 members (excludes halogenated alkanes) is 2. The van der Waals surface area contributed by atoms with E-state index in [1.807, 2.05) is 0 Å². The second kappa shape index (κ2) is 12.9. The highest BCUT2D eigenvalue weighted by Gasteiger charge is 2.46. The maximum absolute atomic E-state index is 2.85. The van der Waals surface area contributed by atoms with Crippen LogP contribution >= 0.6 is 0 Å². The molecule has 0 N–H and O–H groups in total. The minimum absolute atomic E-state index is 0.211. The van der Waals surface area contributed by atoms with Crippen LogP contribution in [0.3, 0.4) is 0 Å². The van der Waals surface area contributed by atoms with Crippen LogP contribution < -0.4 is 26.2 Å². The topological polar surface area (TPSA) is 6.48 Å². The molecule has 54 heavy (non-hydrogen) atoms. The zero-order valence-corrected chi connectivity index (χ0v) is 33.0. The summed E-state index contributed by atoms with van der Waals surface area (Å²) in [7, 11) is 0. The number of anilines is 6. The molecule has 2 nitrogen and oxygen atoms in total. The summed E-state index contributed by atoms with van der Waals surface area (Å²) in [5.41, 5.74) is 30.9. The molecule has 5 aromatic rings. The second-order valence-corrected chi connectivity index (χ2v) is 17.7. The van der Waals surface area contributed by atoms with Crippen molar-refractivity contribution < 1.29 is 0 Å². The first-order chi connectivity index (χ1) is 26.6. The summed E-state index contributed by atoms with van der Waals surface area (Å²) in [6.45, 7) is 7.25. The molecule has 11 rings (SSSR count). The highest BCUT2D eigenvalue weighted by atomic mass is 15.2. The first-order valence-electron chi connectivity index (χ1n) is 21.9. The summed E-state index contributed by atoms with van der Waals surface area (Å²) in [4.78, 5) is 5.69. The number of aryl methyl sites for hydroxylation is 7. The van der Waals surface area contributed by atoms with Crippen molar-refractivity contribution in [1.82, 2.24) is 0 Å². The van der Waals surface area contributed by atoms with Crippen molar-refractivity contribution in [3.05, 3.63) is 122 Å². The first kappa shape index (κ1) is 33.1. The lowest BCUT2D eigenvalue weighted by Crippen LogP contribution is -2.61. The van der Waals surface area contributed by atoms with Gasteiger partial charge in [0.1, 0.15) is 0 Å². The normalized spacial score (nSPS) is 17.0. The minimum atomic E-state index is 0.211. The Morgan fingerprint density at radius 1 is 0.481 bits per heavy atom. The molecule has 2 aliphatic heterocycles. The van der Waals surface area contributed by atoms with Crippen LogP contribution in [0.15, 0.2) is 60.7 Å². The predicted octanol–water partition coefficient (Wildman–Crippen LogP) is 10.7. The van der Waals surface area contributed by atoms with E-state index in [9.17, 15) is 0 Å². The lowest BCUT2D eigenvalue weighted by atomic mass is 9.33. The Hall–Kier alpha value is -4.24. The molecule has 5 aromatic carbocycles. The largest absolute Gasteiger partial charge is 0.311 e. The maximum atomic E-state index is 2.85. The highest BCUT2D eigenvalue weighted by molar-refractivity contribution is 7.00. The molecule has 4 aliphatic carbocycles. The van der Waals surface area contributed by atoms with E-state index in [4.69, 9.17) is 0 Å². The molecule has 0 aromatic heterocycles. The summed E-state index contributed by atoms with van der Waals surface area (Å²) in [5.74, 6) is 0. The Morgan fingerprint density at radius 3 is 1.28 bits per heavy atom. The van der Waals surface area contributed by atoms with E-state index in [2.05, 4.69) is 91.2 Å². The second-order valence-electron chi connectivity index (χ2n) is 17.7. The fourth-order valence-electron chi connectivity index (χ4n) is 11.9. The van der Waals surface area contributed by atoms with Gasteiger partial charge in [0.15, 0.2) is 0 Å². The van der Waals surface area contributed by atoms with Crippen LogP contribution in [0.2, 0.25) is 0 Å². The molecule has 0 saturated heterocycles. The molecule has 272 valence electrons. The van der Waals surface area contributed by atoms with Crippen LogP contribution in [0.4, 0.5) is 34.1 Å². The molecule has 0 saturated carbocycles. The van der Waals surface area contributed by atoms with Gasteiger partial charge in [-0.1, -0.05) is 63.1 Å². The van der Waals surface area contributed by atoms with Crippen molar-refractivity contribution in [2.24, 2.45) is 0 Å². The summed E-state index contributed by atoms with van der Waals surface area (Å²) in [6, 6.07) is 25.8. The summed E-state index contributed by atoms with van der Waals surface area (Å²) >= 11 is 0. The molecule has 2 heterocycles. The Bertz CT molecular complexity index is 2140. The van der Waals surface area contributed by atoms with Gasteiger partial charge in [0.05, 0.1) is 11.4 Å². The zero-order chi connectivity index (χ0) is 36.1. The quantitative estimate of drug-likeness (QED) is 0.145. The van der Waals surface area contributed by atoms with Gasteiger partial charge in [-0.05, 0) is 212 Å². The smallest absolute Gasteiger partial charge is 0.252 e. The van der Waals surface area contributed by atoms with Gasteiger partial charge < -0.3 is 9.80 Å². The summed E-state index contributed by atoms with van der Waals surface area (Å²) < 4.78 is 0. The molecular formula is C51H55BN2. The third kappa shape index (κ3) is 4.92. The fraction of sp³-hybridized carbons (Fsp3) is 0.412. The highest BCUT2D eigenvalue weighted by Crippen LogP contribution is 2.52. The van der Waals surface area contributed by atoms with Gasteiger partial charge in [-0.3, -0.25) is 0 Å². The van der Waals surface area contributed by atoms with E-state index in [-0.39, 0.29) is 6.71 Å². The Balaban J connectivity index is 1.24. The molecule has 0 fully saturated rings. The average Bonchev–Trinajstić information content (AvgIpc) is 4.02. The van der Waals surface area contributed by atoms with Crippen LogP contribution in [-0.2, 0) is 64.2 Å². The van der Waals surface area contributed by atoms with Gasteiger partial charge in [0.2, 0.25) is 0 Å². The van der Waals surface area contributed by atoms with Crippen molar-refractivity contribution in [2.45, 2.75) is 136 Å². The van der Waals surface area contributed by atoms with Gasteiger partial charge in [0.25, 0.3) is 6.71 Å². The molecule has 0 bridgehead atoms. The lowest BCUT2D eigenvalue weighted by Gasteiger charge is -2.46. The van der Waals surface area contributed by atoms with Crippen LogP contribution in [0, 0.1) is 6.92 Å². The predicted molar refractivity (Wildman–Crippen MR) is 231 cm³/mol. The van der Waals surface area contributed by atoms with E-state index >= 15 is 0 Å². The summed E-state index contributed by atoms with van der Waals surface area (Å²) in [5, 5.41) is 0. The maximum Gasteiger partial charge on any atom is 0.252 e. The third-order valence-electron chi connectivity index (χ3n) is 14.3. The molecule has 3 heteroatoms. The van der Waals surface area contributed by atoms with E-state index in [0.717, 1.165) is 12.8 Å². The number of rotatable bonds is 8. The molecule has 0 spiro atoms. The Morgan fingerprint density at radius 2 is 0.889 bits per heavy atom. The van der Waals surface area contributed by atoms with Crippen molar-refractivity contribution in [3.63, 3.8) is 0 Å². The number of hydrogen-bond donors (Lipinski definition) is 0. The van der Waals surface area contributed by atoms with Crippen LogP contribution in [0.25, 0.3) is 0 Å². The average molecular weight is 707 g/mol. The van der Waals surface area contributed by atoms with E-state index < -0.39 is 0 Å². The monoisotopic (exact) mass is 706 g/mol. The van der Waals surface area contributed by atoms with Gasteiger partial charge in [-0.15, -0.1) is 0 Å². The van der Waals surface area contributed by atoms with Crippen molar-refractivity contribution in [3.8, 4) is 0 Å². The van der Waals surface area contributed by atoms with Crippen molar-refractivity contribution >= 4 is 57.2 Å². The van der Waals surface area contributed by atoms with Crippen LogP contribution in [0.1, 0.15) is 126 Å². The lowest BCUT2D eigenvalue weighted by molar-refractivity contribution is 0.795. The Kier molecular flexibility index (Phi) is 7.93.